The summed E-state index contributed by atoms with van der Waals surface area (Å²) in [6.45, 7) is 3.50. The highest BCUT2D eigenvalue weighted by Gasteiger charge is 2.42. The van der Waals surface area contributed by atoms with Crippen LogP contribution in [0.15, 0.2) is 0 Å². The first-order valence-electron chi connectivity index (χ1n) is 6.79. The van der Waals surface area contributed by atoms with Crippen LogP contribution in [0.1, 0.15) is 19.3 Å². The minimum Gasteiger partial charge on any atom is -0.390 e. The summed E-state index contributed by atoms with van der Waals surface area (Å²) in [4.78, 5) is 0. The van der Waals surface area contributed by atoms with Crippen molar-refractivity contribution in [2.75, 3.05) is 40.1 Å². The van der Waals surface area contributed by atoms with Gasteiger partial charge in [0, 0.05) is 26.7 Å². The SMILES string of the molecule is COCCOC1C(O)CC1OCC1CCOCC1. The molecule has 1 aliphatic heterocycles. The monoisotopic (exact) mass is 260 g/mol. The lowest BCUT2D eigenvalue weighted by molar-refractivity contribution is -0.200. The van der Waals surface area contributed by atoms with Gasteiger partial charge in [0.25, 0.3) is 0 Å². The van der Waals surface area contributed by atoms with Gasteiger partial charge in [-0.15, -0.1) is 0 Å². The van der Waals surface area contributed by atoms with Gasteiger partial charge in [-0.3, -0.25) is 0 Å². The Bertz CT molecular complexity index is 229. The molecule has 2 rings (SSSR count). The molecule has 5 nitrogen and oxygen atoms in total. The highest BCUT2D eigenvalue weighted by Crippen LogP contribution is 2.28. The van der Waals surface area contributed by atoms with Gasteiger partial charge in [-0.1, -0.05) is 0 Å². The highest BCUT2D eigenvalue weighted by atomic mass is 16.6. The third kappa shape index (κ3) is 3.90. The number of hydrogen-bond acceptors (Lipinski definition) is 5. The van der Waals surface area contributed by atoms with Crippen LogP contribution in [0.4, 0.5) is 0 Å². The topological polar surface area (TPSA) is 57.2 Å². The third-order valence-electron chi connectivity index (χ3n) is 3.70. The zero-order valence-electron chi connectivity index (χ0n) is 11.0. The Kier molecular flexibility index (Phi) is 5.85. The van der Waals surface area contributed by atoms with Gasteiger partial charge < -0.3 is 24.1 Å². The van der Waals surface area contributed by atoms with Gasteiger partial charge in [0.15, 0.2) is 0 Å². The predicted octanol–water partition coefficient (Wildman–Crippen LogP) is 0.594. The summed E-state index contributed by atoms with van der Waals surface area (Å²) in [5.74, 6) is 0.594. The summed E-state index contributed by atoms with van der Waals surface area (Å²) >= 11 is 0. The van der Waals surface area contributed by atoms with Crippen molar-refractivity contribution in [2.24, 2.45) is 5.92 Å². The van der Waals surface area contributed by atoms with E-state index in [9.17, 15) is 5.11 Å². The molecule has 1 saturated carbocycles. The van der Waals surface area contributed by atoms with E-state index in [0.717, 1.165) is 32.7 Å². The van der Waals surface area contributed by atoms with E-state index in [1.54, 1.807) is 7.11 Å². The molecule has 0 amide bonds. The summed E-state index contributed by atoms with van der Waals surface area (Å²) in [7, 11) is 1.64. The number of methoxy groups -OCH3 is 1. The Morgan fingerprint density at radius 1 is 1.17 bits per heavy atom. The van der Waals surface area contributed by atoms with E-state index in [1.165, 1.54) is 0 Å². The molecule has 2 aliphatic rings. The van der Waals surface area contributed by atoms with Crippen molar-refractivity contribution in [3.05, 3.63) is 0 Å². The van der Waals surface area contributed by atoms with Crippen molar-refractivity contribution < 1.29 is 24.1 Å². The van der Waals surface area contributed by atoms with Gasteiger partial charge in [0.05, 0.1) is 32.0 Å². The fourth-order valence-electron chi connectivity index (χ4n) is 2.38. The first-order valence-corrected chi connectivity index (χ1v) is 6.79. The molecule has 5 heteroatoms. The second kappa shape index (κ2) is 7.40. The van der Waals surface area contributed by atoms with Crippen molar-refractivity contribution in [3.63, 3.8) is 0 Å². The van der Waals surface area contributed by atoms with E-state index >= 15 is 0 Å². The number of aliphatic hydroxyl groups excluding tert-OH is 1. The van der Waals surface area contributed by atoms with Crippen molar-refractivity contribution in [2.45, 2.75) is 37.6 Å². The first-order chi connectivity index (χ1) is 8.81. The maximum absolute atomic E-state index is 9.65. The zero-order valence-corrected chi connectivity index (χ0v) is 11.0. The Hall–Kier alpha value is -0.200. The molecule has 0 spiro atoms. The standard InChI is InChI=1S/C13H24O5/c1-15-6-7-17-13-11(14)8-12(13)18-9-10-2-4-16-5-3-10/h10-14H,2-9H2,1H3. The van der Waals surface area contributed by atoms with E-state index < -0.39 is 0 Å². The molecular weight excluding hydrogens is 236 g/mol. The summed E-state index contributed by atoms with van der Waals surface area (Å²) in [5, 5.41) is 9.65. The Morgan fingerprint density at radius 3 is 2.61 bits per heavy atom. The average Bonchev–Trinajstić information content (AvgIpc) is 2.40. The summed E-state index contributed by atoms with van der Waals surface area (Å²) in [6.07, 6.45) is 2.30. The lowest BCUT2D eigenvalue weighted by Crippen LogP contribution is -2.54. The van der Waals surface area contributed by atoms with Gasteiger partial charge in [0.2, 0.25) is 0 Å². The zero-order chi connectivity index (χ0) is 12.8. The molecule has 0 aromatic rings. The fourth-order valence-corrected chi connectivity index (χ4v) is 2.38. The lowest BCUT2D eigenvalue weighted by atomic mass is 9.87. The molecule has 1 saturated heterocycles. The summed E-state index contributed by atoms with van der Waals surface area (Å²) < 4.78 is 21.6. The Morgan fingerprint density at radius 2 is 1.94 bits per heavy atom. The highest BCUT2D eigenvalue weighted by molar-refractivity contribution is 4.92. The second-order valence-electron chi connectivity index (χ2n) is 5.06. The fraction of sp³-hybridized carbons (Fsp3) is 1.00. The summed E-state index contributed by atoms with van der Waals surface area (Å²) in [5.41, 5.74) is 0. The number of rotatable bonds is 7. The van der Waals surface area contributed by atoms with Crippen LogP contribution in [0.25, 0.3) is 0 Å². The maximum atomic E-state index is 9.65. The van der Waals surface area contributed by atoms with Crippen LogP contribution >= 0.6 is 0 Å². The van der Waals surface area contributed by atoms with E-state index in [0.29, 0.717) is 25.6 Å². The molecule has 0 radical (unpaired) electrons. The van der Waals surface area contributed by atoms with Gasteiger partial charge in [0.1, 0.15) is 6.10 Å². The van der Waals surface area contributed by atoms with Crippen LogP contribution in [0, 0.1) is 5.92 Å². The predicted molar refractivity (Wildman–Crippen MR) is 65.5 cm³/mol. The van der Waals surface area contributed by atoms with Gasteiger partial charge in [-0.2, -0.15) is 0 Å². The molecule has 3 unspecified atom stereocenters. The molecule has 1 aliphatic carbocycles. The molecule has 0 aromatic heterocycles. The first kappa shape index (κ1) is 14.2. The van der Waals surface area contributed by atoms with Gasteiger partial charge in [-0.05, 0) is 18.8 Å². The average molecular weight is 260 g/mol. The number of hydrogen-bond donors (Lipinski definition) is 1. The molecule has 0 bridgehead atoms. The number of aliphatic hydroxyl groups is 1. The molecule has 1 heterocycles. The van der Waals surface area contributed by atoms with E-state index in [2.05, 4.69) is 0 Å². The minimum atomic E-state index is -0.387. The van der Waals surface area contributed by atoms with E-state index in [-0.39, 0.29) is 18.3 Å². The van der Waals surface area contributed by atoms with Crippen molar-refractivity contribution in [3.8, 4) is 0 Å². The molecule has 1 N–H and O–H groups in total. The van der Waals surface area contributed by atoms with E-state index in [4.69, 9.17) is 18.9 Å². The van der Waals surface area contributed by atoms with Crippen molar-refractivity contribution in [1.82, 2.24) is 0 Å². The normalized spacial score (nSPS) is 33.3. The smallest absolute Gasteiger partial charge is 0.110 e. The molecule has 2 fully saturated rings. The number of ether oxygens (including phenoxy) is 4. The van der Waals surface area contributed by atoms with Crippen LogP contribution in [-0.2, 0) is 18.9 Å². The van der Waals surface area contributed by atoms with Gasteiger partial charge in [-0.25, -0.2) is 0 Å². The minimum absolute atomic E-state index is 0.0414. The third-order valence-corrected chi connectivity index (χ3v) is 3.70. The van der Waals surface area contributed by atoms with E-state index in [1.807, 2.05) is 0 Å². The largest absolute Gasteiger partial charge is 0.390 e. The van der Waals surface area contributed by atoms with Crippen molar-refractivity contribution >= 4 is 0 Å². The maximum Gasteiger partial charge on any atom is 0.110 e. The van der Waals surface area contributed by atoms with Crippen LogP contribution < -0.4 is 0 Å². The molecule has 3 atom stereocenters. The molecule has 0 aromatic carbocycles. The Balaban J connectivity index is 1.62. The quantitative estimate of drug-likeness (QED) is 0.679. The van der Waals surface area contributed by atoms with Crippen LogP contribution in [-0.4, -0.2) is 63.6 Å². The Labute approximate surface area is 108 Å². The molecule has 106 valence electrons. The van der Waals surface area contributed by atoms with Crippen LogP contribution in [0.2, 0.25) is 0 Å². The molecule has 18 heavy (non-hydrogen) atoms. The lowest BCUT2D eigenvalue weighted by Gasteiger charge is -2.41. The summed E-state index contributed by atoms with van der Waals surface area (Å²) in [6, 6.07) is 0. The molecular formula is C13H24O5. The van der Waals surface area contributed by atoms with Crippen molar-refractivity contribution in [1.29, 1.82) is 0 Å². The van der Waals surface area contributed by atoms with Crippen LogP contribution in [0.5, 0.6) is 0 Å². The second-order valence-corrected chi connectivity index (χ2v) is 5.06. The van der Waals surface area contributed by atoms with Crippen LogP contribution in [0.3, 0.4) is 0 Å². The van der Waals surface area contributed by atoms with Gasteiger partial charge >= 0.3 is 0 Å².